The number of hydrogen-bond donors (Lipinski definition) is 2. The molecule has 1 fully saturated rings. The van der Waals surface area contributed by atoms with Gasteiger partial charge in [-0.25, -0.2) is 0 Å². The Bertz CT molecular complexity index is 435. The van der Waals surface area contributed by atoms with Crippen LogP contribution in [0.5, 0.6) is 0 Å². The Morgan fingerprint density at radius 2 is 2.33 bits per heavy atom. The van der Waals surface area contributed by atoms with Gasteiger partial charge in [0.2, 0.25) is 5.91 Å². The molecule has 1 aliphatic heterocycles. The van der Waals surface area contributed by atoms with Crippen LogP contribution in [0, 0.1) is 5.92 Å². The van der Waals surface area contributed by atoms with E-state index in [9.17, 15) is 4.79 Å². The number of carbonyl (C=O) groups is 1. The number of hydrogen-bond acceptors (Lipinski definition) is 4. The molecule has 5 heteroatoms. The van der Waals surface area contributed by atoms with Crippen LogP contribution in [-0.4, -0.2) is 28.4 Å². The lowest BCUT2D eigenvalue weighted by Crippen LogP contribution is -2.45. The maximum absolute atomic E-state index is 11.3. The molecule has 1 aromatic rings. The molecule has 1 aliphatic rings. The summed E-state index contributed by atoms with van der Waals surface area (Å²) in [6.07, 6.45) is 3.60. The summed E-state index contributed by atoms with van der Waals surface area (Å²) in [5.41, 5.74) is 12.8. The second-order valence-electron chi connectivity index (χ2n) is 5.04. The van der Waals surface area contributed by atoms with Gasteiger partial charge in [0.15, 0.2) is 0 Å². The van der Waals surface area contributed by atoms with Crippen molar-refractivity contribution in [3.05, 3.63) is 24.0 Å². The van der Waals surface area contributed by atoms with E-state index in [1.54, 1.807) is 12.3 Å². The fraction of sp³-hybridized carbons (Fsp3) is 0.538. The van der Waals surface area contributed by atoms with Gasteiger partial charge in [0.05, 0.1) is 11.6 Å². The van der Waals surface area contributed by atoms with Gasteiger partial charge >= 0.3 is 0 Å². The van der Waals surface area contributed by atoms with Crippen molar-refractivity contribution in [2.45, 2.75) is 32.4 Å². The van der Waals surface area contributed by atoms with Gasteiger partial charge in [0, 0.05) is 31.0 Å². The number of aromatic nitrogens is 1. The molecule has 0 aromatic carbocycles. The Kier molecular flexibility index (Phi) is 3.81. The number of amides is 1. The molecule has 18 heavy (non-hydrogen) atoms. The van der Waals surface area contributed by atoms with Crippen LogP contribution in [-0.2, 0) is 11.3 Å². The van der Waals surface area contributed by atoms with Gasteiger partial charge in [-0.05, 0) is 31.9 Å². The monoisotopic (exact) mass is 248 g/mol. The normalized spacial score (nSPS) is 24.9. The second-order valence-corrected chi connectivity index (χ2v) is 5.04. The van der Waals surface area contributed by atoms with Gasteiger partial charge in [0.25, 0.3) is 0 Å². The molecule has 2 atom stereocenters. The average molecular weight is 248 g/mol. The number of carbonyl (C=O) groups excluding carboxylic acids is 1. The van der Waals surface area contributed by atoms with E-state index in [0.29, 0.717) is 12.6 Å². The Balaban J connectivity index is 2.04. The zero-order valence-corrected chi connectivity index (χ0v) is 10.7. The van der Waals surface area contributed by atoms with Gasteiger partial charge in [-0.2, -0.15) is 0 Å². The topological polar surface area (TPSA) is 85.2 Å². The summed E-state index contributed by atoms with van der Waals surface area (Å²) in [4.78, 5) is 17.8. The van der Waals surface area contributed by atoms with Crippen LogP contribution in [0.1, 0.15) is 25.5 Å². The average Bonchev–Trinajstić information content (AvgIpc) is 2.31. The number of nitrogens with two attached hydrogens (primary N) is 2. The van der Waals surface area contributed by atoms with Crippen LogP contribution in [0.3, 0.4) is 0 Å². The van der Waals surface area contributed by atoms with E-state index >= 15 is 0 Å². The lowest BCUT2D eigenvalue weighted by atomic mass is 9.93. The van der Waals surface area contributed by atoms with Crippen molar-refractivity contribution in [2.75, 3.05) is 12.3 Å². The van der Waals surface area contributed by atoms with Crippen LogP contribution < -0.4 is 11.5 Å². The van der Waals surface area contributed by atoms with E-state index in [0.717, 1.165) is 30.8 Å². The summed E-state index contributed by atoms with van der Waals surface area (Å²) in [7, 11) is 0. The molecular weight excluding hydrogens is 228 g/mol. The quantitative estimate of drug-likeness (QED) is 0.826. The molecule has 2 unspecified atom stereocenters. The number of rotatable bonds is 3. The number of anilines is 1. The molecule has 1 amide bonds. The third kappa shape index (κ3) is 2.98. The molecule has 1 aromatic heterocycles. The molecule has 5 nitrogen and oxygen atoms in total. The highest BCUT2D eigenvalue weighted by molar-refractivity contribution is 5.76. The molecule has 1 saturated heterocycles. The van der Waals surface area contributed by atoms with E-state index in [1.807, 2.05) is 6.07 Å². The van der Waals surface area contributed by atoms with Gasteiger partial charge in [-0.1, -0.05) is 0 Å². The van der Waals surface area contributed by atoms with Crippen LogP contribution in [0.15, 0.2) is 18.3 Å². The van der Waals surface area contributed by atoms with Gasteiger partial charge < -0.3 is 11.5 Å². The van der Waals surface area contributed by atoms with Crippen molar-refractivity contribution >= 4 is 11.6 Å². The maximum Gasteiger partial charge on any atom is 0.221 e. The van der Waals surface area contributed by atoms with Crippen LogP contribution in [0.25, 0.3) is 0 Å². The standard InChI is InChI=1S/C13H20N4O/c1-9-2-3-10(13(15)18)7-17(9)8-12-6-11(14)4-5-16-12/h4-6,9-10H,2-3,7-8H2,1H3,(H2,14,16)(H2,15,18). The van der Waals surface area contributed by atoms with E-state index in [4.69, 9.17) is 11.5 Å². The van der Waals surface area contributed by atoms with E-state index in [2.05, 4.69) is 16.8 Å². The molecular formula is C13H20N4O. The van der Waals surface area contributed by atoms with Crippen molar-refractivity contribution in [3.8, 4) is 0 Å². The second kappa shape index (κ2) is 5.35. The Labute approximate surface area is 107 Å². The summed E-state index contributed by atoms with van der Waals surface area (Å²) in [6.45, 7) is 3.60. The first-order valence-electron chi connectivity index (χ1n) is 6.30. The highest BCUT2D eigenvalue weighted by Crippen LogP contribution is 2.23. The molecule has 2 rings (SSSR count). The molecule has 0 radical (unpaired) electrons. The van der Waals surface area contributed by atoms with E-state index in [1.165, 1.54) is 0 Å². The lowest BCUT2D eigenvalue weighted by molar-refractivity contribution is -0.124. The summed E-state index contributed by atoms with van der Waals surface area (Å²) >= 11 is 0. The molecule has 98 valence electrons. The minimum absolute atomic E-state index is 0.0396. The smallest absolute Gasteiger partial charge is 0.221 e. The summed E-state index contributed by atoms with van der Waals surface area (Å²) in [6, 6.07) is 4.10. The zero-order valence-electron chi connectivity index (χ0n) is 10.7. The van der Waals surface area contributed by atoms with E-state index < -0.39 is 0 Å². The number of nitrogen functional groups attached to an aromatic ring is 1. The number of nitrogens with zero attached hydrogens (tertiary/aromatic N) is 2. The largest absolute Gasteiger partial charge is 0.399 e. The first-order chi connectivity index (χ1) is 8.56. The van der Waals surface area contributed by atoms with Crippen LogP contribution in [0.2, 0.25) is 0 Å². The SMILES string of the molecule is CC1CCC(C(N)=O)CN1Cc1cc(N)ccn1. The molecule has 0 saturated carbocycles. The number of pyridine rings is 1. The summed E-state index contributed by atoms with van der Waals surface area (Å²) in [5.74, 6) is -0.241. The highest BCUT2D eigenvalue weighted by Gasteiger charge is 2.28. The van der Waals surface area contributed by atoms with Crippen LogP contribution in [0.4, 0.5) is 5.69 Å². The highest BCUT2D eigenvalue weighted by atomic mass is 16.1. The van der Waals surface area contributed by atoms with Gasteiger partial charge in [0.1, 0.15) is 0 Å². The molecule has 2 heterocycles. The Hall–Kier alpha value is -1.62. The fourth-order valence-corrected chi connectivity index (χ4v) is 2.42. The van der Waals surface area contributed by atoms with Gasteiger partial charge in [-0.3, -0.25) is 14.7 Å². The number of likely N-dealkylation sites (tertiary alicyclic amines) is 1. The minimum atomic E-state index is -0.201. The first-order valence-corrected chi connectivity index (χ1v) is 6.30. The van der Waals surface area contributed by atoms with Crippen molar-refractivity contribution < 1.29 is 4.79 Å². The fourth-order valence-electron chi connectivity index (χ4n) is 2.42. The number of piperidine rings is 1. The predicted molar refractivity (Wildman–Crippen MR) is 70.4 cm³/mol. The Morgan fingerprint density at radius 1 is 1.56 bits per heavy atom. The summed E-state index contributed by atoms with van der Waals surface area (Å²) in [5, 5.41) is 0. The third-order valence-corrected chi connectivity index (χ3v) is 3.62. The van der Waals surface area contributed by atoms with Crippen molar-refractivity contribution in [1.29, 1.82) is 0 Å². The van der Waals surface area contributed by atoms with E-state index in [-0.39, 0.29) is 11.8 Å². The minimum Gasteiger partial charge on any atom is -0.399 e. The summed E-state index contributed by atoms with van der Waals surface area (Å²) < 4.78 is 0. The lowest BCUT2D eigenvalue weighted by Gasteiger charge is -2.36. The molecule has 4 N–H and O–H groups in total. The van der Waals surface area contributed by atoms with Crippen molar-refractivity contribution in [2.24, 2.45) is 11.7 Å². The maximum atomic E-state index is 11.3. The van der Waals surface area contributed by atoms with Gasteiger partial charge in [-0.15, -0.1) is 0 Å². The zero-order chi connectivity index (χ0) is 13.1. The van der Waals surface area contributed by atoms with Crippen molar-refractivity contribution in [3.63, 3.8) is 0 Å². The third-order valence-electron chi connectivity index (χ3n) is 3.62. The molecule has 0 aliphatic carbocycles. The van der Waals surface area contributed by atoms with Crippen LogP contribution >= 0.6 is 0 Å². The first kappa shape index (κ1) is 12.8. The van der Waals surface area contributed by atoms with Crippen molar-refractivity contribution in [1.82, 2.24) is 9.88 Å². The molecule has 0 bridgehead atoms. The molecule has 0 spiro atoms. The number of primary amides is 1. The predicted octanol–water partition coefficient (Wildman–Crippen LogP) is 0.750. The Morgan fingerprint density at radius 3 is 3.00 bits per heavy atom.